The van der Waals surface area contributed by atoms with Gasteiger partial charge in [-0.3, -0.25) is 9.88 Å². The molecule has 6 nitrogen and oxygen atoms in total. The van der Waals surface area contributed by atoms with Crippen LogP contribution in [0.4, 0.5) is 0 Å². The van der Waals surface area contributed by atoms with Crippen molar-refractivity contribution in [2.24, 2.45) is 0 Å². The summed E-state index contributed by atoms with van der Waals surface area (Å²) in [5.74, 6) is 0. The fourth-order valence-corrected chi connectivity index (χ4v) is 6.07. The molecule has 3 aromatic rings. The molecule has 0 amide bonds. The number of halogens is 1. The van der Waals surface area contributed by atoms with Gasteiger partial charge in [0.05, 0.1) is 31.0 Å². The molecule has 0 aliphatic carbocycles. The van der Waals surface area contributed by atoms with Gasteiger partial charge in [-0.05, 0) is 80.9 Å². The lowest BCUT2D eigenvalue weighted by atomic mass is 9.96. The molecule has 4 heterocycles. The summed E-state index contributed by atoms with van der Waals surface area (Å²) < 4.78 is 7.83. The molecule has 0 saturated carbocycles. The molecule has 2 saturated heterocycles. The van der Waals surface area contributed by atoms with Crippen molar-refractivity contribution in [3.05, 3.63) is 81.9 Å². The first-order valence-electron chi connectivity index (χ1n) is 12.7. The molecule has 190 valence electrons. The Morgan fingerprint density at radius 1 is 1.08 bits per heavy atom. The number of hydrogen-bond donors (Lipinski definition) is 1. The Morgan fingerprint density at radius 2 is 1.89 bits per heavy atom. The van der Waals surface area contributed by atoms with Crippen molar-refractivity contribution in [1.29, 1.82) is 0 Å². The Bertz CT molecular complexity index is 1220. The van der Waals surface area contributed by atoms with E-state index in [9.17, 15) is 0 Å². The third-order valence-electron chi connectivity index (χ3n) is 7.44. The summed E-state index contributed by atoms with van der Waals surface area (Å²) >= 11 is 12.4. The largest absolute Gasteiger partial charge is 0.379 e. The molecule has 1 aromatic carbocycles. The van der Waals surface area contributed by atoms with Gasteiger partial charge in [0, 0.05) is 54.5 Å². The average molecular weight is 524 g/mol. The molecule has 2 atom stereocenters. The minimum Gasteiger partial charge on any atom is -0.379 e. The molecule has 0 unspecified atom stereocenters. The van der Waals surface area contributed by atoms with Crippen molar-refractivity contribution in [3.63, 3.8) is 0 Å². The summed E-state index contributed by atoms with van der Waals surface area (Å²) in [4.78, 5) is 9.56. The predicted molar refractivity (Wildman–Crippen MR) is 149 cm³/mol. The zero-order chi connectivity index (χ0) is 25.2. The van der Waals surface area contributed by atoms with Crippen LogP contribution in [0, 0.1) is 20.8 Å². The Hall–Kier alpha value is -2.45. The Balaban J connectivity index is 1.50. The fourth-order valence-electron chi connectivity index (χ4n) is 5.57. The Kier molecular flexibility index (Phi) is 7.62. The highest BCUT2D eigenvalue weighted by Gasteiger charge is 2.41. The van der Waals surface area contributed by atoms with E-state index in [0.29, 0.717) is 0 Å². The van der Waals surface area contributed by atoms with E-state index in [0.717, 1.165) is 72.9 Å². The van der Waals surface area contributed by atoms with Crippen LogP contribution in [0.1, 0.15) is 46.7 Å². The maximum atomic E-state index is 6.50. The molecular weight excluding hydrogens is 490 g/mol. The molecule has 36 heavy (non-hydrogen) atoms. The number of aromatic nitrogens is 2. The van der Waals surface area contributed by atoms with Crippen LogP contribution in [-0.4, -0.2) is 63.9 Å². The smallest absolute Gasteiger partial charge is 0.170 e. The van der Waals surface area contributed by atoms with E-state index in [2.05, 4.69) is 58.7 Å². The molecule has 2 fully saturated rings. The normalized spacial score (nSPS) is 20.7. The summed E-state index contributed by atoms with van der Waals surface area (Å²) in [6, 6.07) is 14.5. The molecule has 2 aliphatic heterocycles. The number of nitrogens with zero attached hydrogens (tertiary/aromatic N) is 4. The van der Waals surface area contributed by atoms with Gasteiger partial charge in [-0.2, -0.15) is 0 Å². The second kappa shape index (κ2) is 10.9. The van der Waals surface area contributed by atoms with Crippen molar-refractivity contribution >= 4 is 28.9 Å². The van der Waals surface area contributed by atoms with Crippen LogP contribution in [0.2, 0.25) is 5.02 Å². The summed E-state index contributed by atoms with van der Waals surface area (Å²) in [5.41, 5.74) is 6.85. The first kappa shape index (κ1) is 25.2. The van der Waals surface area contributed by atoms with Crippen molar-refractivity contribution in [3.8, 4) is 5.69 Å². The van der Waals surface area contributed by atoms with Gasteiger partial charge >= 0.3 is 0 Å². The SMILES string of the molecule is Cc1c(Cl)cccc1-n1c(C)cc([C@H]2[C@H](c3ccccn3)NC(=S)N2CCCN2CCOCC2)c1C. The quantitative estimate of drug-likeness (QED) is 0.432. The first-order valence-corrected chi connectivity index (χ1v) is 13.5. The Morgan fingerprint density at radius 3 is 2.64 bits per heavy atom. The van der Waals surface area contributed by atoms with Crippen molar-refractivity contribution < 1.29 is 4.74 Å². The Labute approximate surface area is 224 Å². The fraction of sp³-hybridized carbons (Fsp3) is 0.429. The molecule has 1 N–H and O–H groups in total. The molecule has 8 heteroatoms. The number of nitrogens with one attached hydrogen (secondary N) is 1. The number of pyridine rings is 1. The van der Waals surface area contributed by atoms with E-state index in [4.69, 9.17) is 33.5 Å². The van der Waals surface area contributed by atoms with Gasteiger partial charge in [-0.15, -0.1) is 0 Å². The second-order valence-electron chi connectivity index (χ2n) is 9.67. The van der Waals surface area contributed by atoms with E-state index < -0.39 is 0 Å². The number of thiocarbonyl (C=S) groups is 1. The lowest BCUT2D eigenvalue weighted by Gasteiger charge is -2.30. The molecule has 2 aromatic heterocycles. The summed E-state index contributed by atoms with van der Waals surface area (Å²) in [6.07, 6.45) is 2.90. The van der Waals surface area contributed by atoms with Gasteiger partial charge in [0.15, 0.2) is 5.11 Å². The van der Waals surface area contributed by atoms with E-state index in [-0.39, 0.29) is 12.1 Å². The molecular formula is C28H34ClN5OS. The molecule has 0 radical (unpaired) electrons. The standard InChI is InChI=1S/C28H34ClN5OS/c1-19-18-22(21(3)34(19)25-10-6-8-23(29)20(25)2)27-26(24-9-4-5-11-30-24)31-28(36)33(27)13-7-12-32-14-16-35-17-15-32/h4-6,8-11,18,26-27H,7,12-17H2,1-3H3,(H,31,36)/t26-,27-/m0/s1. The van der Waals surface area contributed by atoms with Crippen LogP contribution in [0.3, 0.4) is 0 Å². The van der Waals surface area contributed by atoms with Crippen LogP contribution >= 0.6 is 23.8 Å². The third kappa shape index (κ3) is 4.90. The number of rotatable bonds is 7. The summed E-state index contributed by atoms with van der Waals surface area (Å²) in [6.45, 7) is 12.0. The van der Waals surface area contributed by atoms with Crippen molar-refractivity contribution in [2.45, 2.75) is 39.3 Å². The van der Waals surface area contributed by atoms with Gasteiger partial charge in [-0.1, -0.05) is 23.7 Å². The maximum absolute atomic E-state index is 6.50. The minimum absolute atomic E-state index is 0.0171. The molecule has 0 spiro atoms. The lowest BCUT2D eigenvalue weighted by molar-refractivity contribution is 0.0365. The lowest BCUT2D eigenvalue weighted by Crippen LogP contribution is -2.39. The van der Waals surface area contributed by atoms with Gasteiger partial charge in [0.2, 0.25) is 0 Å². The van der Waals surface area contributed by atoms with E-state index in [1.54, 1.807) is 0 Å². The monoisotopic (exact) mass is 523 g/mol. The topological polar surface area (TPSA) is 45.6 Å². The predicted octanol–water partition coefficient (Wildman–Crippen LogP) is 5.15. The molecule has 2 aliphatic rings. The van der Waals surface area contributed by atoms with Gasteiger partial charge in [-0.25, -0.2) is 0 Å². The van der Waals surface area contributed by atoms with Crippen LogP contribution in [0.15, 0.2) is 48.7 Å². The van der Waals surface area contributed by atoms with E-state index in [1.165, 1.54) is 17.0 Å². The zero-order valence-corrected chi connectivity index (χ0v) is 22.8. The highest BCUT2D eigenvalue weighted by Crippen LogP contribution is 2.41. The van der Waals surface area contributed by atoms with Gasteiger partial charge in [0.25, 0.3) is 0 Å². The van der Waals surface area contributed by atoms with Crippen LogP contribution < -0.4 is 5.32 Å². The van der Waals surface area contributed by atoms with Crippen molar-refractivity contribution in [2.75, 3.05) is 39.4 Å². The number of aryl methyl sites for hydroxylation is 1. The second-order valence-corrected chi connectivity index (χ2v) is 10.5. The average Bonchev–Trinajstić information content (AvgIpc) is 3.37. The summed E-state index contributed by atoms with van der Waals surface area (Å²) in [7, 11) is 0. The van der Waals surface area contributed by atoms with Crippen LogP contribution in [0.5, 0.6) is 0 Å². The van der Waals surface area contributed by atoms with E-state index in [1.807, 2.05) is 30.5 Å². The first-order chi connectivity index (χ1) is 17.5. The third-order valence-corrected chi connectivity index (χ3v) is 8.21. The summed E-state index contributed by atoms with van der Waals surface area (Å²) in [5, 5.41) is 5.18. The van der Waals surface area contributed by atoms with Crippen molar-refractivity contribution in [1.82, 2.24) is 24.7 Å². The van der Waals surface area contributed by atoms with Gasteiger partial charge < -0.3 is 19.5 Å². The number of benzene rings is 1. The molecule has 5 rings (SSSR count). The molecule has 0 bridgehead atoms. The highest BCUT2D eigenvalue weighted by atomic mass is 35.5. The van der Waals surface area contributed by atoms with Crippen LogP contribution in [-0.2, 0) is 4.74 Å². The number of ether oxygens (including phenoxy) is 1. The van der Waals surface area contributed by atoms with Gasteiger partial charge in [0.1, 0.15) is 0 Å². The zero-order valence-electron chi connectivity index (χ0n) is 21.2. The maximum Gasteiger partial charge on any atom is 0.170 e. The minimum atomic E-state index is -0.0171. The van der Waals surface area contributed by atoms with E-state index >= 15 is 0 Å². The number of hydrogen-bond acceptors (Lipinski definition) is 4. The van der Waals surface area contributed by atoms with Crippen LogP contribution in [0.25, 0.3) is 5.69 Å². The highest BCUT2D eigenvalue weighted by molar-refractivity contribution is 7.80. The number of morpholine rings is 1.